The first kappa shape index (κ1) is 18.3. The number of carbonyl (C=O) groups excluding carboxylic acids is 1. The lowest BCUT2D eigenvalue weighted by molar-refractivity contribution is 0.112. The van der Waals surface area contributed by atoms with E-state index in [1.807, 2.05) is 6.07 Å². The Morgan fingerprint density at radius 3 is 2.00 bits per heavy atom. The van der Waals surface area contributed by atoms with Gasteiger partial charge in [0.15, 0.2) is 6.29 Å². The van der Waals surface area contributed by atoms with Crippen molar-refractivity contribution in [3.05, 3.63) is 35.9 Å². The molecule has 0 heterocycles. The number of anilines is 2. The van der Waals surface area contributed by atoms with Gasteiger partial charge in [0.25, 0.3) is 0 Å². The van der Waals surface area contributed by atoms with Gasteiger partial charge in [0, 0.05) is 49.5 Å². The third kappa shape index (κ3) is 3.89. The van der Waals surface area contributed by atoms with Gasteiger partial charge in [-0.1, -0.05) is 38.8 Å². The summed E-state index contributed by atoms with van der Waals surface area (Å²) < 4.78 is 0. The fourth-order valence-corrected chi connectivity index (χ4v) is 3.16. The van der Waals surface area contributed by atoms with Crippen molar-refractivity contribution in [1.29, 1.82) is 0 Å². The van der Waals surface area contributed by atoms with Gasteiger partial charge < -0.3 is 9.80 Å². The Hall–Kier alpha value is -2.03. The van der Waals surface area contributed by atoms with Gasteiger partial charge in [-0.15, -0.1) is 0 Å². The first-order valence-electron chi connectivity index (χ1n) is 9.07. The molecule has 0 aromatic heterocycles. The van der Waals surface area contributed by atoms with E-state index in [4.69, 9.17) is 0 Å². The molecule has 0 atom stereocenters. The topological polar surface area (TPSA) is 23.6 Å². The maximum absolute atomic E-state index is 11.5. The minimum Gasteiger partial charge on any atom is -0.374 e. The van der Waals surface area contributed by atoms with Crippen molar-refractivity contribution in [3.63, 3.8) is 0 Å². The summed E-state index contributed by atoms with van der Waals surface area (Å²) in [4.78, 5) is 16.1. The van der Waals surface area contributed by atoms with Crippen LogP contribution in [-0.4, -0.2) is 33.5 Å². The highest BCUT2D eigenvalue weighted by Crippen LogP contribution is 2.36. The smallest absolute Gasteiger partial charge is 0.150 e. The van der Waals surface area contributed by atoms with E-state index in [1.165, 1.54) is 42.4 Å². The van der Waals surface area contributed by atoms with Gasteiger partial charge in [-0.05, 0) is 36.4 Å². The number of unbranched alkanes of at least 4 members (excludes halogenated alkanes) is 2. The van der Waals surface area contributed by atoms with Crippen LogP contribution in [0.3, 0.4) is 0 Å². The Morgan fingerprint density at radius 2 is 1.46 bits per heavy atom. The molecule has 2 aromatic carbocycles. The van der Waals surface area contributed by atoms with Crippen molar-refractivity contribution >= 4 is 28.4 Å². The number of fused-ring (bicyclic) bond motifs is 1. The molecular formula is C21H30N2O. The molecule has 0 saturated heterocycles. The first-order valence-corrected chi connectivity index (χ1v) is 9.07. The van der Waals surface area contributed by atoms with Gasteiger partial charge in [-0.3, -0.25) is 4.79 Å². The number of rotatable bonds is 9. The molecule has 0 aliphatic carbocycles. The molecule has 0 bridgehead atoms. The molecule has 130 valence electrons. The second-order valence-corrected chi connectivity index (χ2v) is 6.54. The zero-order valence-electron chi connectivity index (χ0n) is 15.5. The lowest BCUT2D eigenvalue weighted by atomic mass is 10.0. The van der Waals surface area contributed by atoms with Gasteiger partial charge in [-0.25, -0.2) is 0 Å². The Bertz CT molecular complexity index is 661. The second-order valence-electron chi connectivity index (χ2n) is 6.54. The minimum atomic E-state index is 0.767. The summed E-state index contributed by atoms with van der Waals surface area (Å²) in [6, 6.07) is 10.3. The zero-order valence-corrected chi connectivity index (χ0v) is 15.5. The molecule has 2 aromatic rings. The summed E-state index contributed by atoms with van der Waals surface area (Å²) >= 11 is 0. The summed E-state index contributed by atoms with van der Waals surface area (Å²) in [6.45, 7) is 6.48. The van der Waals surface area contributed by atoms with Crippen LogP contribution in [0.2, 0.25) is 0 Å². The maximum Gasteiger partial charge on any atom is 0.150 e. The average molecular weight is 326 g/mol. The van der Waals surface area contributed by atoms with Gasteiger partial charge in [0.05, 0.1) is 0 Å². The normalized spacial score (nSPS) is 10.8. The number of nitrogens with zero attached hydrogens (tertiary/aromatic N) is 2. The highest BCUT2D eigenvalue weighted by Gasteiger charge is 2.15. The molecule has 0 radical (unpaired) electrons. The van der Waals surface area contributed by atoms with E-state index in [1.54, 1.807) is 0 Å². The average Bonchev–Trinajstić information content (AvgIpc) is 2.62. The second kappa shape index (κ2) is 8.72. The number of carbonyl (C=O) groups is 1. The van der Waals surface area contributed by atoms with Crippen LogP contribution < -0.4 is 9.80 Å². The number of hydrogen-bond donors (Lipinski definition) is 0. The van der Waals surface area contributed by atoms with Crippen LogP contribution in [0, 0.1) is 0 Å². The molecular weight excluding hydrogens is 296 g/mol. The summed E-state index contributed by atoms with van der Waals surface area (Å²) in [5, 5.41) is 2.24. The molecule has 2 rings (SSSR count). The zero-order chi connectivity index (χ0) is 17.5. The van der Waals surface area contributed by atoms with E-state index in [-0.39, 0.29) is 0 Å². The third-order valence-corrected chi connectivity index (χ3v) is 4.67. The largest absolute Gasteiger partial charge is 0.374 e. The lowest BCUT2D eigenvalue weighted by Crippen LogP contribution is -2.22. The van der Waals surface area contributed by atoms with Crippen LogP contribution >= 0.6 is 0 Å². The van der Waals surface area contributed by atoms with Crippen molar-refractivity contribution in [2.24, 2.45) is 0 Å². The van der Waals surface area contributed by atoms with E-state index < -0.39 is 0 Å². The predicted molar refractivity (Wildman–Crippen MR) is 106 cm³/mol. The van der Waals surface area contributed by atoms with Crippen LogP contribution in [0.25, 0.3) is 10.8 Å². The van der Waals surface area contributed by atoms with Crippen LogP contribution in [-0.2, 0) is 0 Å². The molecule has 0 unspecified atom stereocenters. The van der Waals surface area contributed by atoms with Gasteiger partial charge in [-0.2, -0.15) is 0 Å². The van der Waals surface area contributed by atoms with Crippen LogP contribution in [0.4, 0.5) is 11.4 Å². The van der Waals surface area contributed by atoms with Crippen LogP contribution in [0.5, 0.6) is 0 Å². The molecule has 0 aliphatic heterocycles. The van der Waals surface area contributed by atoms with Gasteiger partial charge >= 0.3 is 0 Å². The van der Waals surface area contributed by atoms with Crippen molar-refractivity contribution in [2.45, 2.75) is 39.5 Å². The monoisotopic (exact) mass is 326 g/mol. The van der Waals surface area contributed by atoms with Crippen molar-refractivity contribution in [1.82, 2.24) is 0 Å². The number of aldehydes is 1. The highest BCUT2D eigenvalue weighted by molar-refractivity contribution is 6.10. The van der Waals surface area contributed by atoms with Gasteiger partial charge in [0.1, 0.15) is 0 Å². The van der Waals surface area contributed by atoms with Gasteiger partial charge in [0.2, 0.25) is 0 Å². The molecule has 0 saturated carbocycles. The van der Waals surface area contributed by atoms with E-state index >= 15 is 0 Å². The van der Waals surface area contributed by atoms with Crippen LogP contribution in [0.15, 0.2) is 30.3 Å². The molecule has 0 amide bonds. The third-order valence-electron chi connectivity index (χ3n) is 4.67. The molecule has 3 heteroatoms. The molecule has 0 spiro atoms. The van der Waals surface area contributed by atoms with Crippen molar-refractivity contribution in [3.8, 4) is 0 Å². The fourth-order valence-electron chi connectivity index (χ4n) is 3.16. The molecule has 0 fully saturated rings. The Labute approximate surface area is 146 Å². The van der Waals surface area contributed by atoms with E-state index in [2.05, 4.69) is 62.0 Å². The predicted octanol–water partition coefficient (Wildman–Crippen LogP) is 5.12. The molecule has 0 aliphatic rings. The number of benzene rings is 2. The standard InChI is InChI=1S/C21H30N2O/c1-5-7-14-22(3)19-11-9-10-18-17(16-24)12-13-20(21(18)19)23(4)15-8-6-2/h9-13,16H,5-8,14-15H2,1-4H3. The highest BCUT2D eigenvalue weighted by atomic mass is 16.1. The first-order chi connectivity index (χ1) is 11.6. The van der Waals surface area contributed by atoms with E-state index in [0.717, 1.165) is 30.3 Å². The summed E-state index contributed by atoms with van der Waals surface area (Å²) in [5.74, 6) is 0. The maximum atomic E-state index is 11.5. The Morgan fingerprint density at radius 1 is 0.875 bits per heavy atom. The summed E-state index contributed by atoms with van der Waals surface area (Å²) in [6.07, 6.45) is 5.66. The van der Waals surface area contributed by atoms with Crippen LogP contribution in [0.1, 0.15) is 49.9 Å². The molecule has 3 nitrogen and oxygen atoms in total. The van der Waals surface area contributed by atoms with Crippen molar-refractivity contribution in [2.75, 3.05) is 37.0 Å². The minimum absolute atomic E-state index is 0.767. The van der Waals surface area contributed by atoms with E-state index in [9.17, 15) is 4.79 Å². The number of hydrogen-bond acceptors (Lipinski definition) is 3. The van der Waals surface area contributed by atoms with Crippen molar-refractivity contribution < 1.29 is 4.79 Å². The summed E-state index contributed by atoms with van der Waals surface area (Å²) in [5.41, 5.74) is 3.19. The lowest BCUT2D eigenvalue weighted by Gasteiger charge is -2.27. The SMILES string of the molecule is CCCCN(C)c1cccc2c(C=O)ccc(N(C)CCCC)c12. The van der Waals surface area contributed by atoms with E-state index in [0.29, 0.717) is 0 Å². The Kier molecular flexibility index (Phi) is 6.65. The molecule has 0 N–H and O–H groups in total. The fraction of sp³-hybridized carbons (Fsp3) is 0.476. The quantitative estimate of drug-likeness (QED) is 0.597. The summed E-state index contributed by atoms with van der Waals surface area (Å²) in [7, 11) is 4.29. The molecule has 24 heavy (non-hydrogen) atoms. The Balaban J connectivity index is 2.58.